The number of benzene rings is 2. The van der Waals surface area contributed by atoms with Crippen LogP contribution in [0, 0.1) is 22.9 Å². The van der Waals surface area contributed by atoms with Crippen molar-refractivity contribution in [2.75, 3.05) is 11.4 Å². The highest BCUT2D eigenvalue weighted by Crippen LogP contribution is 2.35. The summed E-state index contributed by atoms with van der Waals surface area (Å²) in [5, 5.41) is 2.80. The number of pyridine rings is 1. The molecule has 2 aromatic carbocycles. The Balaban J connectivity index is 1.40. The first-order valence-electron chi connectivity index (χ1n) is 10.1. The van der Waals surface area contributed by atoms with Gasteiger partial charge in [-0.1, -0.05) is 0 Å². The van der Waals surface area contributed by atoms with Gasteiger partial charge in [0.1, 0.15) is 23.2 Å². The number of halogens is 3. The number of nitrogens with zero attached hydrogens (tertiary/aromatic N) is 2. The summed E-state index contributed by atoms with van der Waals surface area (Å²) in [6.45, 7) is 1.78. The average Bonchev–Trinajstić information content (AvgIpc) is 3.09. The van der Waals surface area contributed by atoms with E-state index >= 15 is 0 Å². The topological polar surface area (TPSA) is 71.5 Å². The maximum Gasteiger partial charge on any atom is 0.228 e. The van der Waals surface area contributed by atoms with E-state index in [1.165, 1.54) is 35.4 Å². The Morgan fingerprint density at radius 1 is 1.06 bits per heavy atom. The van der Waals surface area contributed by atoms with Crippen LogP contribution >= 0.6 is 0 Å². The van der Waals surface area contributed by atoms with Crippen molar-refractivity contribution >= 4 is 17.5 Å². The minimum Gasteiger partial charge on any atom is -0.439 e. The molecule has 0 radical (unpaired) electrons. The number of amides is 2. The summed E-state index contributed by atoms with van der Waals surface area (Å²) in [4.78, 5) is 30.7. The minimum atomic E-state index is -1.07. The Bertz CT molecular complexity index is 1180. The second-order valence-electron chi connectivity index (χ2n) is 8.09. The molecule has 1 aliphatic heterocycles. The van der Waals surface area contributed by atoms with Gasteiger partial charge in [0.15, 0.2) is 0 Å². The van der Waals surface area contributed by atoms with Crippen molar-refractivity contribution in [1.29, 1.82) is 0 Å². The van der Waals surface area contributed by atoms with Crippen molar-refractivity contribution in [2.24, 2.45) is 5.41 Å². The molecule has 1 fully saturated rings. The molecule has 33 heavy (non-hydrogen) atoms. The van der Waals surface area contributed by atoms with Gasteiger partial charge in [-0.25, -0.2) is 18.2 Å². The molecule has 1 aliphatic rings. The van der Waals surface area contributed by atoms with E-state index in [0.29, 0.717) is 11.3 Å². The van der Waals surface area contributed by atoms with E-state index in [0.717, 1.165) is 18.2 Å². The summed E-state index contributed by atoms with van der Waals surface area (Å²) in [7, 11) is 0. The zero-order valence-electron chi connectivity index (χ0n) is 17.6. The third kappa shape index (κ3) is 5.14. The number of carbonyl (C=O) groups is 2. The van der Waals surface area contributed by atoms with Crippen molar-refractivity contribution in [3.8, 4) is 11.6 Å². The van der Waals surface area contributed by atoms with E-state index in [4.69, 9.17) is 4.74 Å². The molecular weight excluding hydrogens is 435 g/mol. The van der Waals surface area contributed by atoms with Gasteiger partial charge < -0.3 is 15.0 Å². The van der Waals surface area contributed by atoms with E-state index in [1.54, 1.807) is 19.1 Å². The Labute approximate surface area is 188 Å². The number of hydrogen-bond acceptors (Lipinski definition) is 4. The van der Waals surface area contributed by atoms with Gasteiger partial charge in [-0.15, -0.1) is 0 Å². The summed E-state index contributed by atoms with van der Waals surface area (Å²) in [6.07, 6.45) is 1.42. The van der Waals surface area contributed by atoms with Crippen molar-refractivity contribution in [2.45, 2.75) is 19.9 Å². The molecule has 0 aliphatic carbocycles. The lowest BCUT2D eigenvalue weighted by molar-refractivity contribution is -0.131. The largest absolute Gasteiger partial charge is 0.439 e. The lowest BCUT2D eigenvalue weighted by atomic mass is 9.88. The fraction of sp³-hybridized carbons (Fsp3) is 0.208. The fourth-order valence-corrected chi connectivity index (χ4v) is 3.64. The van der Waals surface area contributed by atoms with Crippen LogP contribution in [0.2, 0.25) is 0 Å². The molecule has 0 saturated carbocycles. The first-order valence-corrected chi connectivity index (χ1v) is 10.1. The summed E-state index contributed by atoms with van der Waals surface area (Å²) >= 11 is 0. The molecule has 2 amide bonds. The second kappa shape index (κ2) is 8.93. The quantitative estimate of drug-likeness (QED) is 0.600. The number of nitrogens with one attached hydrogen (secondary N) is 1. The summed E-state index contributed by atoms with van der Waals surface area (Å²) in [6, 6.07) is 11.6. The smallest absolute Gasteiger partial charge is 0.228 e. The maximum absolute atomic E-state index is 13.6. The number of anilines is 1. The summed E-state index contributed by atoms with van der Waals surface area (Å²) in [5.41, 5.74) is -0.293. The predicted molar refractivity (Wildman–Crippen MR) is 114 cm³/mol. The third-order valence-corrected chi connectivity index (χ3v) is 5.35. The van der Waals surface area contributed by atoms with Crippen LogP contribution in [0.3, 0.4) is 0 Å². The monoisotopic (exact) mass is 455 g/mol. The fourth-order valence-electron chi connectivity index (χ4n) is 3.64. The molecule has 1 N–H and O–H groups in total. The van der Waals surface area contributed by atoms with Gasteiger partial charge >= 0.3 is 0 Å². The van der Waals surface area contributed by atoms with Gasteiger partial charge in [-0.2, -0.15) is 0 Å². The molecule has 1 aromatic heterocycles. The molecule has 2 heterocycles. The third-order valence-electron chi connectivity index (χ3n) is 5.35. The number of carbonyl (C=O) groups excluding carboxylic acids is 2. The van der Waals surface area contributed by atoms with Gasteiger partial charge in [0, 0.05) is 43.5 Å². The predicted octanol–water partition coefficient (Wildman–Crippen LogP) is 4.35. The van der Waals surface area contributed by atoms with E-state index in [1.807, 2.05) is 0 Å². The van der Waals surface area contributed by atoms with Crippen LogP contribution in [-0.2, 0) is 16.1 Å². The number of aromatic nitrogens is 1. The van der Waals surface area contributed by atoms with Crippen LogP contribution in [0.25, 0.3) is 0 Å². The molecule has 4 rings (SSSR count). The van der Waals surface area contributed by atoms with Crippen LogP contribution in [0.5, 0.6) is 11.6 Å². The normalized spacial score (nSPS) is 17.8. The number of hydrogen-bond donors (Lipinski definition) is 1. The second-order valence-corrected chi connectivity index (χ2v) is 8.09. The average molecular weight is 455 g/mol. The lowest BCUT2D eigenvalue weighted by Crippen LogP contribution is -2.40. The van der Waals surface area contributed by atoms with E-state index in [-0.39, 0.29) is 42.8 Å². The zero-order valence-corrected chi connectivity index (χ0v) is 17.6. The van der Waals surface area contributed by atoms with Gasteiger partial charge in [0.05, 0.1) is 5.41 Å². The highest BCUT2D eigenvalue weighted by molar-refractivity contribution is 6.02. The molecule has 0 bridgehead atoms. The van der Waals surface area contributed by atoms with Crippen LogP contribution in [-0.4, -0.2) is 23.3 Å². The van der Waals surface area contributed by atoms with Crippen molar-refractivity contribution in [3.05, 3.63) is 83.8 Å². The van der Waals surface area contributed by atoms with Crippen LogP contribution in [0.4, 0.5) is 18.9 Å². The lowest BCUT2D eigenvalue weighted by Gasteiger charge is -2.23. The highest BCUT2D eigenvalue weighted by atomic mass is 19.1. The SMILES string of the molecule is CC1(C(=O)NCc2ccnc(Oc3ccc(F)cc3)c2)CC(=O)N(c2cc(F)cc(F)c2)C1. The van der Waals surface area contributed by atoms with Crippen molar-refractivity contribution in [1.82, 2.24) is 10.3 Å². The summed E-state index contributed by atoms with van der Waals surface area (Å²) in [5.74, 6) is -2.05. The number of ether oxygens (including phenoxy) is 1. The van der Waals surface area contributed by atoms with Crippen LogP contribution < -0.4 is 15.0 Å². The molecule has 0 spiro atoms. The van der Waals surface area contributed by atoms with Crippen LogP contribution in [0.15, 0.2) is 60.8 Å². The van der Waals surface area contributed by atoms with Crippen molar-refractivity contribution in [3.63, 3.8) is 0 Å². The number of rotatable bonds is 6. The Kier molecular flexibility index (Phi) is 6.04. The molecule has 3 aromatic rings. The molecule has 1 unspecified atom stereocenters. The molecule has 6 nitrogen and oxygen atoms in total. The van der Waals surface area contributed by atoms with Crippen LogP contribution in [0.1, 0.15) is 18.9 Å². The Hall–Kier alpha value is -3.88. The highest BCUT2D eigenvalue weighted by Gasteiger charge is 2.45. The Morgan fingerprint density at radius 3 is 2.45 bits per heavy atom. The molecule has 1 atom stereocenters. The van der Waals surface area contributed by atoms with Gasteiger partial charge in [-0.3, -0.25) is 9.59 Å². The van der Waals surface area contributed by atoms with E-state index in [2.05, 4.69) is 10.3 Å². The van der Waals surface area contributed by atoms with Crippen molar-refractivity contribution < 1.29 is 27.5 Å². The minimum absolute atomic E-state index is 0.00413. The standard InChI is InChI=1S/C24H20F3N3O3/c1-24(12-22(31)30(14-24)19-10-17(26)9-18(27)11-19)23(32)29-13-15-6-7-28-21(8-15)33-20-4-2-16(25)3-5-20/h2-11H,12-14H2,1H3,(H,29,32). The summed E-state index contributed by atoms with van der Waals surface area (Å²) < 4.78 is 45.8. The first-order chi connectivity index (χ1) is 15.7. The molecule has 1 saturated heterocycles. The maximum atomic E-state index is 13.6. The van der Waals surface area contributed by atoms with Gasteiger partial charge in [-0.05, 0) is 55.0 Å². The molecule has 170 valence electrons. The first kappa shape index (κ1) is 22.3. The van der Waals surface area contributed by atoms with Gasteiger partial charge in [0.2, 0.25) is 17.7 Å². The Morgan fingerprint density at radius 2 is 1.76 bits per heavy atom. The van der Waals surface area contributed by atoms with E-state index in [9.17, 15) is 22.8 Å². The van der Waals surface area contributed by atoms with E-state index < -0.39 is 23.0 Å². The molecule has 9 heteroatoms. The zero-order chi connectivity index (χ0) is 23.6. The molecular formula is C24H20F3N3O3. The van der Waals surface area contributed by atoms with Gasteiger partial charge in [0.25, 0.3) is 0 Å².